The van der Waals surface area contributed by atoms with Gasteiger partial charge >= 0.3 is 0 Å². The summed E-state index contributed by atoms with van der Waals surface area (Å²) in [5.74, 6) is -0.937. The predicted molar refractivity (Wildman–Crippen MR) is 103 cm³/mol. The molecule has 5 rings (SSSR count). The third-order valence-corrected chi connectivity index (χ3v) is 5.42. The van der Waals surface area contributed by atoms with Crippen molar-refractivity contribution in [1.82, 2.24) is 25.1 Å². The van der Waals surface area contributed by atoms with Gasteiger partial charge in [-0.15, -0.1) is 11.3 Å². The van der Waals surface area contributed by atoms with Crippen LogP contribution in [0.2, 0.25) is 0 Å². The molecule has 10 heteroatoms. The Bertz CT molecular complexity index is 1230. The molecule has 0 spiro atoms. The fourth-order valence-corrected chi connectivity index (χ4v) is 3.81. The lowest BCUT2D eigenvalue weighted by molar-refractivity contribution is 0.229. The second-order valence-electron chi connectivity index (χ2n) is 6.59. The van der Waals surface area contributed by atoms with Crippen molar-refractivity contribution in [2.45, 2.75) is 20.0 Å². The summed E-state index contributed by atoms with van der Waals surface area (Å²) in [5, 5.41) is 13.0. The van der Waals surface area contributed by atoms with Gasteiger partial charge in [0.1, 0.15) is 22.2 Å². The van der Waals surface area contributed by atoms with E-state index in [0.29, 0.717) is 30.2 Å². The van der Waals surface area contributed by atoms with E-state index in [0.717, 1.165) is 22.5 Å². The molecule has 1 aliphatic rings. The number of hydrogen-bond donors (Lipinski definition) is 1. The summed E-state index contributed by atoms with van der Waals surface area (Å²) in [7, 11) is 0. The molecule has 1 N–H and O–H groups in total. The Morgan fingerprint density at radius 3 is 3.00 bits per heavy atom. The normalized spacial score (nSPS) is 13.1. The van der Waals surface area contributed by atoms with E-state index in [9.17, 15) is 8.78 Å². The average molecular weight is 412 g/mol. The standard InChI is InChI=1S/C19H14F2N6OS/c1-10-9-29-19(23-10)14-5-11(28-26-14)7-27-8-16-15(6-22-27)24-18(25-16)12-3-2-4-13(20)17(12)21/h2-6,9H,7-8H2,1H3,(H,24,25). The van der Waals surface area contributed by atoms with Gasteiger partial charge in [0.25, 0.3) is 0 Å². The van der Waals surface area contributed by atoms with E-state index in [4.69, 9.17) is 4.52 Å². The number of nitrogens with one attached hydrogen (secondary N) is 1. The van der Waals surface area contributed by atoms with E-state index in [1.54, 1.807) is 11.2 Å². The topological polar surface area (TPSA) is 83.2 Å². The number of benzene rings is 1. The van der Waals surface area contributed by atoms with Crippen molar-refractivity contribution in [2.24, 2.45) is 5.10 Å². The Balaban J connectivity index is 1.33. The number of imidazole rings is 1. The number of aryl methyl sites for hydroxylation is 1. The van der Waals surface area contributed by atoms with E-state index in [1.807, 2.05) is 18.4 Å². The molecule has 3 aromatic heterocycles. The van der Waals surface area contributed by atoms with Crippen LogP contribution in [-0.2, 0) is 13.1 Å². The van der Waals surface area contributed by atoms with Gasteiger partial charge < -0.3 is 9.51 Å². The molecule has 0 saturated carbocycles. The quantitative estimate of drug-likeness (QED) is 0.545. The monoisotopic (exact) mass is 412 g/mol. The van der Waals surface area contributed by atoms with Crippen molar-refractivity contribution in [3.05, 3.63) is 64.1 Å². The first-order valence-corrected chi connectivity index (χ1v) is 9.65. The third kappa shape index (κ3) is 3.31. The van der Waals surface area contributed by atoms with Crippen molar-refractivity contribution >= 4 is 17.6 Å². The van der Waals surface area contributed by atoms with E-state index in [2.05, 4.69) is 25.2 Å². The lowest BCUT2D eigenvalue weighted by atomic mass is 10.2. The molecule has 0 bridgehead atoms. The molecule has 0 aliphatic carbocycles. The van der Waals surface area contributed by atoms with Gasteiger partial charge in [-0.1, -0.05) is 11.2 Å². The summed E-state index contributed by atoms with van der Waals surface area (Å²) < 4.78 is 33.0. The molecule has 1 aromatic carbocycles. The number of thiazole rings is 1. The number of H-pyrrole nitrogens is 1. The zero-order valence-corrected chi connectivity index (χ0v) is 16.0. The van der Waals surface area contributed by atoms with E-state index in [1.165, 1.54) is 23.5 Å². The van der Waals surface area contributed by atoms with Gasteiger partial charge in [0.05, 0.1) is 30.6 Å². The molecule has 0 radical (unpaired) electrons. The molecular formula is C19H14F2N6OS. The highest BCUT2D eigenvalue weighted by Crippen LogP contribution is 2.26. The lowest BCUT2D eigenvalue weighted by Crippen LogP contribution is -2.21. The van der Waals surface area contributed by atoms with Gasteiger partial charge in [-0.3, -0.25) is 5.01 Å². The lowest BCUT2D eigenvalue weighted by Gasteiger charge is -2.19. The van der Waals surface area contributed by atoms with Gasteiger partial charge in [-0.2, -0.15) is 5.10 Å². The van der Waals surface area contributed by atoms with Crippen molar-refractivity contribution in [1.29, 1.82) is 0 Å². The van der Waals surface area contributed by atoms with Crippen LogP contribution in [0, 0.1) is 18.6 Å². The van der Waals surface area contributed by atoms with Crippen LogP contribution < -0.4 is 0 Å². The van der Waals surface area contributed by atoms with Gasteiger partial charge in [0.2, 0.25) is 0 Å². The summed E-state index contributed by atoms with van der Waals surface area (Å²) >= 11 is 1.51. The second kappa shape index (κ2) is 6.89. The molecule has 7 nitrogen and oxygen atoms in total. The SMILES string of the molecule is Cc1csc(-c2cc(CN3Cc4[nH]c(-c5cccc(F)c5F)nc4C=N3)on2)n1. The van der Waals surface area contributed by atoms with Crippen LogP contribution in [0.4, 0.5) is 8.78 Å². The minimum absolute atomic E-state index is 0.0815. The van der Waals surface area contributed by atoms with E-state index < -0.39 is 11.6 Å². The Morgan fingerprint density at radius 1 is 1.28 bits per heavy atom. The minimum Gasteiger partial charge on any atom is -0.359 e. The van der Waals surface area contributed by atoms with Crippen LogP contribution in [0.3, 0.4) is 0 Å². The highest BCUT2D eigenvalue weighted by molar-refractivity contribution is 7.13. The Labute approximate surface area is 167 Å². The first-order valence-electron chi connectivity index (χ1n) is 8.77. The zero-order valence-electron chi connectivity index (χ0n) is 15.2. The van der Waals surface area contributed by atoms with Crippen molar-refractivity contribution in [3.63, 3.8) is 0 Å². The van der Waals surface area contributed by atoms with Gasteiger partial charge in [-0.25, -0.2) is 18.7 Å². The molecule has 0 unspecified atom stereocenters. The maximum absolute atomic E-state index is 14.1. The Morgan fingerprint density at radius 2 is 2.17 bits per heavy atom. The maximum atomic E-state index is 14.1. The molecule has 1 aliphatic heterocycles. The fourth-order valence-electron chi connectivity index (χ4n) is 3.06. The number of hydrazone groups is 1. The van der Waals surface area contributed by atoms with Crippen LogP contribution in [0.5, 0.6) is 0 Å². The summed E-state index contributed by atoms with van der Waals surface area (Å²) in [6, 6.07) is 5.84. The second-order valence-corrected chi connectivity index (χ2v) is 7.45. The summed E-state index contributed by atoms with van der Waals surface area (Å²) in [6.07, 6.45) is 1.58. The molecule has 4 heterocycles. The predicted octanol–water partition coefficient (Wildman–Crippen LogP) is 4.12. The Kier molecular flexibility index (Phi) is 4.20. The van der Waals surface area contributed by atoms with E-state index in [-0.39, 0.29) is 11.4 Å². The number of aromatic nitrogens is 4. The van der Waals surface area contributed by atoms with Crippen molar-refractivity contribution < 1.29 is 13.3 Å². The van der Waals surface area contributed by atoms with Crippen LogP contribution in [0.15, 0.2) is 39.3 Å². The van der Waals surface area contributed by atoms with Gasteiger partial charge in [0, 0.05) is 17.1 Å². The van der Waals surface area contributed by atoms with Gasteiger partial charge in [0.15, 0.2) is 17.4 Å². The molecule has 29 heavy (non-hydrogen) atoms. The van der Waals surface area contributed by atoms with E-state index >= 15 is 0 Å². The van der Waals surface area contributed by atoms with Gasteiger partial charge in [-0.05, 0) is 19.1 Å². The van der Waals surface area contributed by atoms with Crippen molar-refractivity contribution in [2.75, 3.05) is 0 Å². The smallest absolute Gasteiger partial charge is 0.169 e. The average Bonchev–Trinajstić information content (AvgIpc) is 3.43. The fraction of sp³-hybridized carbons (Fsp3) is 0.158. The number of rotatable bonds is 4. The van der Waals surface area contributed by atoms with Crippen LogP contribution >= 0.6 is 11.3 Å². The molecule has 146 valence electrons. The zero-order chi connectivity index (χ0) is 20.0. The van der Waals surface area contributed by atoms with Crippen LogP contribution in [-0.4, -0.2) is 31.3 Å². The van der Waals surface area contributed by atoms with Crippen LogP contribution in [0.25, 0.3) is 22.1 Å². The van der Waals surface area contributed by atoms with Crippen molar-refractivity contribution in [3.8, 4) is 22.1 Å². The summed E-state index contributed by atoms with van der Waals surface area (Å²) in [6.45, 7) is 2.74. The largest absolute Gasteiger partial charge is 0.359 e. The Hall–Kier alpha value is -3.40. The first-order chi connectivity index (χ1) is 14.1. The molecular weight excluding hydrogens is 398 g/mol. The summed E-state index contributed by atoms with van der Waals surface area (Å²) in [5.41, 5.74) is 3.06. The molecule has 0 atom stereocenters. The number of hydrogen-bond acceptors (Lipinski definition) is 7. The molecule has 0 fully saturated rings. The molecule has 0 amide bonds. The minimum atomic E-state index is -0.931. The molecule has 4 aromatic rings. The highest BCUT2D eigenvalue weighted by Gasteiger charge is 2.21. The highest BCUT2D eigenvalue weighted by atomic mass is 32.1. The number of fused-ring (bicyclic) bond motifs is 1. The van der Waals surface area contributed by atoms with Crippen LogP contribution in [0.1, 0.15) is 22.8 Å². The maximum Gasteiger partial charge on any atom is 0.169 e. The number of halogens is 2. The first kappa shape index (κ1) is 17.7. The third-order valence-electron chi connectivity index (χ3n) is 4.44. The number of aromatic amines is 1. The summed E-state index contributed by atoms with van der Waals surface area (Å²) in [4.78, 5) is 11.8. The molecule has 0 saturated heterocycles. The number of nitrogens with zero attached hydrogens (tertiary/aromatic N) is 5.